The number of unbranched alkanes of at least 4 members (excludes halogenated alkanes) is 3. The van der Waals surface area contributed by atoms with Crippen molar-refractivity contribution in [2.75, 3.05) is 0 Å². The molecule has 0 aliphatic carbocycles. The van der Waals surface area contributed by atoms with Crippen molar-refractivity contribution in [3.63, 3.8) is 0 Å². The molecule has 0 amide bonds. The summed E-state index contributed by atoms with van der Waals surface area (Å²) in [4.78, 5) is 0. The molecule has 1 aromatic rings. The van der Waals surface area contributed by atoms with Crippen LogP contribution in [0.3, 0.4) is 0 Å². The highest BCUT2D eigenvalue weighted by Gasteiger charge is 2.08. The van der Waals surface area contributed by atoms with Gasteiger partial charge in [-0.25, -0.2) is 0 Å². The number of phenols is 2. The quantitative estimate of drug-likeness (QED) is 0.574. The topological polar surface area (TPSA) is 40.5 Å². The molecule has 0 aliphatic rings. The Hall–Kier alpha value is -1.18. The maximum absolute atomic E-state index is 9.68. The number of benzene rings is 1. The molecule has 0 bridgehead atoms. The first kappa shape index (κ1) is 11.9. The fourth-order valence-electron chi connectivity index (χ4n) is 1.77. The lowest BCUT2D eigenvalue weighted by molar-refractivity contribution is 0.398. The SMILES string of the molecule is CCCCCCc1c(C)ccc(O)c1O. The minimum Gasteiger partial charge on any atom is -0.504 e. The smallest absolute Gasteiger partial charge is 0.160 e. The second-order valence-corrected chi connectivity index (χ2v) is 4.04. The average molecular weight is 208 g/mol. The van der Waals surface area contributed by atoms with E-state index in [0.717, 1.165) is 24.0 Å². The number of rotatable bonds is 5. The third kappa shape index (κ3) is 3.15. The van der Waals surface area contributed by atoms with Crippen molar-refractivity contribution >= 4 is 0 Å². The summed E-state index contributed by atoms with van der Waals surface area (Å²) < 4.78 is 0. The molecule has 0 saturated carbocycles. The van der Waals surface area contributed by atoms with Crippen LogP contribution in [0.25, 0.3) is 0 Å². The van der Waals surface area contributed by atoms with Crippen molar-refractivity contribution in [1.82, 2.24) is 0 Å². The number of hydrogen-bond acceptors (Lipinski definition) is 2. The van der Waals surface area contributed by atoms with Crippen LogP contribution in [0.15, 0.2) is 12.1 Å². The molecule has 2 heteroatoms. The van der Waals surface area contributed by atoms with Gasteiger partial charge in [0.25, 0.3) is 0 Å². The first-order valence-corrected chi connectivity index (χ1v) is 5.67. The van der Waals surface area contributed by atoms with Crippen molar-refractivity contribution < 1.29 is 10.2 Å². The van der Waals surface area contributed by atoms with Crippen molar-refractivity contribution in [3.05, 3.63) is 23.3 Å². The molecule has 0 saturated heterocycles. The van der Waals surface area contributed by atoms with Gasteiger partial charge in [-0.3, -0.25) is 0 Å². The third-order valence-corrected chi connectivity index (χ3v) is 2.78. The second-order valence-electron chi connectivity index (χ2n) is 4.04. The summed E-state index contributed by atoms with van der Waals surface area (Å²) in [5.41, 5.74) is 1.95. The fraction of sp³-hybridized carbons (Fsp3) is 0.538. The number of hydrogen-bond donors (Lipinski definition) is 2. The first-order valence-electron chi connectivity index (χ1n) is 5.67. The highest BCUT2D eigenvalue weighted by molar-refractivity contribution is 5.48. The summed E-state index contributed by atoms with van der Waals surface area (Å²) >= 11 is 0. The lowest BCUT2D eigenvalue weighted by atomic mass is 10.0. The van der Waals surface area contributed by atoms with Crippen LogP contribution in [0, 0.1) is 6.92 Å². The average Bonchev–Trinajstić information content (AvgIpc) is 2.23. The number of aromatic hydroxyl groups is 2. The van der Waals surface area contributed by atoms with Gasteiger partial charge in [0.05, 0.1) is 0 Å². The molecule has 15 heavy (non-hydrogen) atoms. The largest absolute Gasteiger partial charge is 0.504 e. The Labute approximate surface area is 91.6 Å². The molecule has 1 rings (SSSR count). The Morgan fingerprint density at radius 2 is 1.80 bits per heavy atom. The lowest BCUT2D eigenvalue weighted by Crippen LogP contribution is -1.91. The van der Waals surface area contributed by atoms with Crippen molar-refractivity contribution in [2.24, 2.45) is 0 Å². The summed E-state index contributed by atoms with van der Waals surface area (Å²) in [5.74, 6) is 0.0533. The highest BCUT2D eigenvalue weighted by Crippen LogP contribution is 2.32. The molecule has 0 heterocycles. The molecule has 0 atom stereocenters. The van der Waals surface area contributed by atoms with E-state index in [1.807, 2.05) is 13.0 Å². The number of aryl methyl sites for hydroxylation is 1. The van der Waals surface area contributed by atoms with Crippen molar-refractivity contribution in [1.29, 1.82) is 0 Å². The Morgan fingerprint density at radius 1 is 1.07 bits per heavy atom. The molecule has 0 unspecified atom stereocenters. The first-order chi connectivity index (χ1) is 7.16. The second kappa shape index (κ2) is 5.64. The lowest BCUT2D eigenvalue weighted by Gasteiger charge is -2.09. The van der Waals surface area contributed by atoms with E-state index in [9.17, 15) is 10.2 Å². The predicted octanol–water partition coefficient (Wildman–Crippen LogP) is 3.53. The molecular formula is C13H20O2. The maximum atomic E-state index is 9.68. The Morgan fingerprint density at radius 3 is 2.47 bits per heavy atom. The highest BCUT2D eigenvalue weighted by atomic mass is 16.3. The Bertz CT molecular complexity index is 319. The van der Waals surface area contributed by atoms with Crippen LogP contribution in [0.4, 0.5) is 0 Å². The summed E-state index contributed by atoms with van der Waals surface area (Å²) in [7, 11) is 0. The van der Waals surface area contributed by atoms with Crippen LogP contribution in [-0.4, -0.2) is 10.2 Å². The van der Waals surface area contributed by atoms with Crippen molar-refractivity contribution in [2.45, 2.75) is 46.0 Å². The van der Waals surface area contributed by atoms with Gasteiger partial charge in [0.15, 0.2) is 11.5 Å². The normalized spacial score (nSPS) is 10.5. The Balaban J connectivity index is 2.63. The number of phenolic OH excluding ortho intramolecular Hbond substituents is 2. The third-order valence-electron chi connectivity index (χ3n) is 2.78. The predicted molar refractivity (Wildman–Crippen MR) is 62.4 cm³/mol. The molecule has 84 valence electrons. The van der Waals surface area contributed by atoms with Crippen LogP contribution in [-0.2, 0) is 6.42 Å². The van der Waals surface area contributed by atoms with E-state index in [1.54, 1.807) is 6.07 Å². The summed E-state index contributed by atoms with van der Waals surface area (Å²) in [6.07, 6.45) is 5.56. The van der Waals surface area contributed by atoms with Crippen LogP contribution in [0.5, 0.6) is 11.5 Å². The standard InChI is InChI=1S/C13H20O2/c1-3-4-5-6-7-11-10(2)8-9-12(14)13(11)15/h8-9,14-15H,3-7H2,1-2H3. The molecule has 0 radical (unpaired) electrons. The van der Waals surface area contributed by atoms with Gasteiger partial charge in [0, 0.05) is 5.56 Å². The summed E-state index contributed by atoms with van der Waals surface area (Å²) in [6, 6.07) is 3.39. The van der Waals surface area contributed by atoms with Gasteiger partial charge in [-0.15, -0.1) is 0 Å². The van der Waals surface area contributed by atoms with Crippen molar-refractivity contribution in [3.8, 4) is 11.5 Å². The molecule has 0 aliphatic heterocycles. The van der Waals surface area contributed by atoms with Gasteiger partial charge in [-0.05, 0) is 31.4 Å². The van der Waals surface area contributed by atoms with Gasteiger partial charge >= 0.3 is 0 Å². The van der Waals surface area contributed by atoms with E-state index in [4.69, 9.17) is 0 Å². The summed E-state index contributed by atoms with van der Waals surface area (Å²) in [5, 5.41) is 19.1. The molecule has 0 fully saturated rings. The zero-order chi connectivity index (χ0) is 11.3. The molecular weight excluding hydrogens is 188 g/mol. The van der Waals surface area contributed by atoms with Crippen LogP contribution < -0.4 is 0 Å². The van der Waals surface area contributed by atoms with Gasteiger partial charge < -0.3 is 10.2 Å². The minimum atomic E-state index is -0.00825. The van der Waals surface area contributed by atoms with E-state index in [0.29, 0.717) is 0 Å². The molecule has 2 nitrogen and oxygen atoms in total. The van der Waals surface area contributed by atoms with E-state index in [2.05, 4.69) is 6.92 Å². The minimum absolute atomic E-state index is 0.00825. The monoisotopic (exact) mass is 208 g/mol. The van der Waals surface area contributed by atoms with Crippen LogP contribution in [0.2, 0.25) is 0 Å². The molecule has 2 N–H and O–H groups in total. The molecule has 1 aromatic carbocycles. The zero-order valence-corrected chi connectivity index (χ0v) is 9.58. The molecule has 0 spiro atoms. The Kier molecular flexibility index (Phi) is 4.47. The van der Waals surface area contributed by atoms with E-state index < -0.39 is 0 Å². The van der Waals surface area contributed by atoms with E-state index in [-0.39, 0.29) is 11.5 Å². The van der Waals surface area contributed by atoms with Gasteiger partial charge in [0.1, 0.15) is 0 Å². The van der Waals surface area contributed by atoms with E-state index >= 15 is 0 Å². The van der Waals surface area contributed by atoms with Crippen LogP contribution in [0.1, 0.15) is 43.7 Å². The van der Waals surface area contributed by atoms with Crippen LogP contribution >= 0.6 is 0 Å². The van der Waals surface area contributed by atoms with Gasteiger partial charge in [-0.2, -0.15) is 0 Å². The maximum Gasteiger partial charge on any atom is 0.160 e. The van der Waals surface area contributed by atoms with Gasteiger partial charge in [-0.1, -0.05) is 32.3 Å². The zero-order valence-electron chi connectivity index (χ0n) is 9.58. The molecule has 0 aromatic heterocycles. The van der Waals surface area contributed by atoms with E-state index in [1.165, 1.54) is 19.3 Å². The van der Waals surface area contributed by atoms with Gasteiger partial charge in [0.2, 0.25) is 0 Å². The summed E-state index contributed by atoms with van der Waals surface area (Å²) in [6.45, 7) is 4.14. The fourth-order valence-corrected chi connectivity index (χ4v) is 1.77.